The van der Waals surface area contributed by atoms with E-state index < -0.39 is 0 Å². The number of rotatable bonds is 7. The lowest BCUT2D eigenvalue weighted by Gasteiger charge is -2.14. The normalized spacial score (nSPS) is 17.6. The zero-order chi connectivity index (χ0) is 19.3. The van der Waals surface area contributed by atoms with Gasteiger partial charge in [0.1, 0.15) is 17.2 Å². The summed E-state index contributed by atoms with van der Waals surface area (Å²) in [5, 5.41) is 0. The summed E-state index contributed by atoms with van der Waals surface area (Å²) >= 11 is 0. The van der Waals surface area contributed by atoms with Crippen LogP contribution in [0.2, 0.25) is 0 Å². The van der Waals surface area contributed by atoms with Crippen LogP contribution in [-0.4, -0.2) is 44.0 Å². The standard InChI is InChI=1S/C23H25NO4/c1-26-20-8-3-2-7-17(20)15-22-23(25)19-10-9-18(16-21(19)28-22)27-14-6-13-24-11-4-5-12-24/h2-3,7-10,15-16H,4-6,11-14H2,1H3/b22-15+. The van der Waals surface area contributed by atoms with Gasteiger partial charge in [-0.05, 0) is 56.6 Å². The molecule has 5 heteroatoms. The predicted octanol–water partition coefficient (Wildman–Crippen LogP) is 4.18. The summed E-state index contributed by atoms with van der Waals surface area (Å²) < 4.78 is 17.0. The first-order valence-electron chi connectivity index (χ1n) is 9.81. The molecule has 0 spiro atoms. The van der Waals surface area contributed by atoms with E-state index in [4.69, 9.17) is 14.2 Å². The first-order valence-corrected chi connectivity index (χ1v) is 9.81. The largest absolute Gasteiger partial charge is 0.496 e. The van der Waals surface area contributed by atoms with Crippen molar-refractivity contribution in [1.29, 1.82) is 0 Å². The van der Waals surface area contributed by atoms with E-state index in [0.29, 0.717) is 29.4 Å². The highest BCUT2D eigenvalue weighted by molar-refractivity contribution is 6.14. The van der Waals surface area contributed by atoms with Crippen molar-refractivity contribution < 1.29 is 19.0 Å². The third-order valence-electron chi connectivity index (χ3n) is 5.15. The average molecular weight is 379 g/mol. The van der Waals surface area contributed by atoms with E-state index in [1.165, 1.54) is 25.9 Å². The lowest BCUT2D eigenvalue weighted by molar-refractivity contribution is 0.101. The quantitative estimate of drug-likeness (QED) is 0.534. The van der Waals surface area contributed by atoms with Crippen LogP contribution < -0.4 is 14.2 Å². The number of nitrogens with zero attached hydrogens (tertiary/aromatic N) is 1. The third-order valence-corrected chi connectivity index (χ3v) is 5.15. The Hall–Kier alpha value is -2.79. The minimum atomic E-state index is -0.124. The molecule has 0 aliphatic carbocycles. The Labute approximate surface area is 165 Å². The Morgan fingerprint density at radius 2 is 1.96 bits per heavy atom. The lowest BCUT2D eigenvalue weighted by atomic mass is 10.1. The van der Waals surface area contributed by atoms with Crippen molar-refractivity contribution in [3.63, 3.8) is 0 Å². The van der Waals surface area contributed by atoms with E-state index in [2.05, 4.69) is 4.90 Å². The van der Waals surface area contributed by atoms with Gasteiger partial charge in [-0.15, -0.1) is 0 Å². The number of hydrogen-bond acceptors (Lipinski definition) is 5. The van der Waals surface area contributed by atoms with Gasteiger partial charge in [-0.3, -0.25) is 4.79 Å². The van der Waals surface area contributed by atoms with Crippen molar-refractivity contribution in [2.75, 3.05) is 33.4 Å². The number of carbonyl (C=O) groups excluding carboxylic acids is 1. The van der Waals surface area contributed by atoms with Gasteiger partial charge in [0.2, 0.25) is 5.78 Å². The number of fused-ring (bicyclic) bond motifs is 1. The second kappa shape index (κ2) is 8.48. The highest BCUT2D eigenvalue weighted by Crippen LogP contribution is 2.35. The van der Waals surface area contributed by atoms with Gasteiger partial charge in [-0.2, -0.15) is 0 Å². The van der Waals surface area contributed by atoms with Crippen LogP contribution in [0.4, 0.5) is 0 Å². The summed E-state index contributed by atoms with van der Waals surface area (Å²) in [5.74, 6) is 2.14. The molecule has 0 radical (unpaired) electrons. The predicted molar refractivity (Wildman–Crippen MR) is 108 cm³/mol. The van der Waals surface area contributed by atoms with Crippen LogP contribution in [-0.2, 0) is 0 Å². The minimum Gasteiger partial charge on any atom is -0.496 e. The fraction of sp³-hybridized carbons (Fsp3) is 0.348. The molecule has 0 bridgehead atoms. The highest BCUT2D eigenvalue weighted by Gasteiger charge is 2.28. The maximum atomic E-state index is 12.6. The molecule has 1 fully saturated rings. The second-order valence-electron chi connectivity index (χ2n) is 7.09. The van der Waals surface area contributed by atoms with Gasteiger partial charge in [0.15, 0.2) is 5.76 Å². The molecule has 0 N–H and O–H groups in total. The number of likely N-dealkylation sites (tertiary alicyclic amines) is 1. The Kier molecular flexibility index (Phi) is 5.63. The SMILES string of the molecule is COc1ccccc1/C=C1/Oc2cc(OCCCN3CCCC3)ccc2C1=O. The molecule has 2 aliphatic heterocycles. The van der Waals surface area contributed by atoms with E-state index in [1.54, 1.807) is 25.3 Å². The van der Waals surface area contributed by atoms with Crippen molar-refractivity contribution in [2.24, 2.45) is 0 Å². The van der Waals surface area contributed by atoms with Crippen molar-refractivity contribution in [2.45, 2.75) is 19.3 Å². The molecule has 1 saturated heterocycles. The summed E-state index contributed by atoms with van der Waals surface area (Å²) in [6, 6.07) is 12.9. The van der Waals surface area contributed by atoms with E-state index in [-0.39, 0.29) is 5.78 Å². The number of para-hydroxylation sites is 1. The molecular formula is C23H25NO4. The molecule has 2 heterocycles. The second-order valence-corrected chi connectivity index (χ2v) is 7.09. The van der Waals surface area contributed by atoms with Crippen LogP contribution in [0.3, 0.4) is 0 Å². The number of carbonyl (C=O) groups is 1. The molecule has 0 amide bonds. The van der Waals surface area contributed by atoms with E-state index in [1.807, 2.05) is 30.3 Å². The fourth-order valence-corrected chi connectivity index (χ4v) is 3.67. The van der Waals surface area contributed by atoms with E-state index >= 15 is 0 Å². The van der Waals surface area contributed by atoms with E-state index in [9.17, 15) is 4.79 Å². The number of allylic oxidation sites excluding steroid dienone is 1. The summed E-state index contributed by atoms with van der Waals surface area (Å²) in [5.41, 5.74) is 1.37. The molecule has 0 aromatic heterocycles. The lowest BCUT2D eigenvalue weighted by Crippen LogP contribution is -2.21. The number of methoxy groups -OCH3 is 1. The van der Waals surface area contributed by atoms with Gasteiger partial charge in [-0.1, -0.05) is 18.2 Å². The fourth-order valence-electron chi connectivity index (χ4n) is 3.67. The zero-order valence-electron chi connectivity index (χ0n) is 16.1. The highest BCUT2D eigenvalue weighted by atomic mass is 16.5. The number of ketones is 1. The Bertz CT molecular complexity index is 884. The maximum Gasteiger partial charge on any atom is 0.231 e. The van der Waals surface area contributed by atoms with Crippen molar-refractivity contribution in [1.82, 2.24) is 4.90 Å². The van der Waals surface area contributed by atoms with Gasteiger partial charge in [-0.25, -0.2) is 0 Å². The molecule has 2 aliphatic rings. The van der Waals surface area contributed by atoms with Crippen LogP contribution in [0.25, 0.3) is 6.08 Å². The van der Waals surface area contributed by atoms with Crippen molar-refractivity contribution in [3.05, 3.63) is 59.4 Å². The van der Waals surface area contributed by atoms with Crippen LogP contribution in [0, 0.1) is 0 Å². The van der Waals surface area contributed by atoms with Crippen LogP contribution in [0.5, 0.6) is 17.2 Å². The number of hydrogen-bond donors (Lipinski definition) is 0. The summed E-state index contributed by atoms with van der Waals surface area (Å²) in [7, 11) is 1.61. The molecule has 0 atom stereocenters. The van der Waals surface area contributed by atoms with Crippen LogP contribution in [0.1, 0.15) is 35.2 Å². The van der Waals surface area contributed by atoms with Gasteiger partial charge >= 0.3 is 0 Å². The molecule has 0 saturated carbocycles. The van der Waals surface area contributed by atoms with Gasteiger partial charge in [0.05, 0.1) is 19.3 Å². The topological polar surface area (TPSA) is 48.0 Å². The van der Waals surface area contributed by atoms with Crippen LogP contribution >= 0.6 is 0 Å². The maximum absolute atomic E-state index is 12.6. The summed E-state index contributed by atoms with van der Waals surface area (Å²) in [6.45, 7) is 4.14. The first-order chi connectivity index (χ1) is 13.7. The summed E-state index contributed by atoms with van der Waals surface area (Å²) in [4.78, 5) is 15.1. The molecular weight excluding hydrogens is 354 g/mol. The minimum absolute atomic E-state index is 0.124. The molecule has 0 unspecified atom stereocenters. The average Bonchev–Trinajstić information content (AvgIpc) is 3.34. The van der Waals surface area contributed by atoms with Gasteiger partial charge < -0.3 is 19.1 Å². The van der Waals surface area contributed by atoms with Gasteiger partial charge in [0, 0.05) is 18.2 Å². The Morgan fingerprint density at radius 1 is 1.14 bits per heavy atom. The van der Waals surface area contributed by atoms with Gasteiger partial charge in [0.25, 0.3) is 0 Å². The number of ether oxygens (including phenoxy) is 3. The smallest absolute Gasteiger partial charge is 0.231 e. The molecule has 4 rings (SSSR count). The monoisotopic (exact) mass is 379 g/mol. The van der Waals surface area contributed by atoms with Crippen molar-refractivity contribution >= 4 is 11.9 Å². The van der Waals surface area contributed by atoms with E-state index in [0.717, 1.165) is 24.3 Å². The molecule has 28 heavy (non-hydrogen) atoms. The Morgan fingerprint density at radius 3 is 2.79 bits per heavy atom. The third kappa shape index (κ3) is 4.04. The number of Topliss-reactive ketones (excluding diaryl/α,β-unsaturated/α-hetero) is 1. The molecule has 5 nitrogen and oxygen atoms in total. The molecule has 2 aromatic carbocycles. The van der Waals surface area contributed by atoms with Crippen LogP contribution in [0.15, 0.2) is 48.2 Å². The zero-order valence-corrected chi connectivity index (χ0v) is 16.1. The Balaban J connectivity index is 1.40. The molecule has 146 valence electrons. The number of benzene rings is 2. The summed E-state index contributed by atoms with van der Waals surface area (Å²) in [6.07, 6.45) is 5.33. The molecule has 2 aromatic rings. The van der Waals surface area contributed by atoms with Crippen molar-refractivity contribution in [3.8, 4) is 17.2 Å². The first kappa shape index (κ1) is 18.6.